The third-order valence-corrected chi connectivity index (χ3v) is 5.98. The van der Waals surface area contributed by atoms with Crippen LogP contribution < -0.4 is 4.90 Å². The van der Waals surface area contributed by atoms with Crippen LogP contribution in [-0.4, -0.2) is 73.2 Å². The number of nitrogens with zero attached hydrogens (tertiary/aromatic N) is 4. The third kappa shape index (κ3) is 10.9. The van der Waals surface area contributed by atoms with Crippen LogP contribution in [0.3, 0.4) is 0 Å². The van der Waals surface area contributed by atoms with Crippen LogP contribution >= 0.6 is 11.8 Å². The van der Waals surface area contributed by atoms with Gasteiger partial charge in [0, 0.05) is 43.4 Å². The first-order valence-electron chi connectivity index (χ1n) is 11.7. The van der Waals surface area contributed by atoms with Gasteiger partial charge in [0.15, 0.2) is 5.82 Å². The topological polar surface area (TPSA) is 71.7 Å². The van der Waals surface area contributed by atoms with Crippen LogP contribution in [-0.2, 0) is 9.53 Å². The molecule has 34 heavy (non-hydrogen) atoms. The van der Waals surface area contributed by atoms with Crippen molar-refractivity contribution >= 4 is 24.6 Å². The van der Waals surface area contributed by atoms with E-state index in [4.69, 9.17) is 14.1 Å². The van der Waals surface area contributed by atoms with Gasteiger partial charge in [0.1, 0.15) is 25.0 Å². The Morgan fingerprint density at radius 1 is 1.35 bits per heavy atom. The first kappa shape index (κ1) is 31.9. The van der Waals surface area contributed by atoms with Crippen LogP contribution in [0.5, 0.6) is 0 Å². The lowest BCUT2D eigenvalue weighted by Gasteiger charge is -2.35. The summed E-state index contributed by atoms with van der Waals surface area (Å²) in [4.78, 5) is 17.0. The Kier molecular flexibility index (Phi) is 17.1. The van der Waals surface area contributed by atoms with Crippen molar-refractivity contribution in [1.29, 1.82) is 0 Å². The molecule has 1 fully saturated rings. The lowest BCUT2D eigenvalue weighted by Crippen LogP contribution is -2.44. The first-order chi connectivity index (χ1) is 16.3. The van der Waals surface area contributed by atoms with Gasteiger partial charge in [0.2, 0.25) is 0 Å². The van der Waals surface area contributed by atoms with E-state index in [9.17, 15) is 4.39 Å². The highest BCUT2D eigenvalue weighted by atomic mass is 32.2. The molecule has 0 saturated carbocycles. The van der Waals surface area contributed by atoms with Gasteiger partial charge >= 0.3 is 6.01 Å². The molecule has 2 rings (SSSR count). The second kappa shape index (κ2) is 18.2. The Balaban J connectivity index is 0.00000258. The van der Waals surface area contributed by atoms with E-state index in [1.54, 1.807) is 24.8 Å². The highest BCUT2D eigenvalue weighted by Gasteiger charge is 2.25. The standard InChI is InChI=1S/C22H35FN4O2S.C2H6.CH2O/c1-7-19(14-20(23)17(4)15-30-6)28-13-12-26(5)18-8-10-27(11-9-18)22-24-21(16(2)3)25-29-22;2*1-2/h7,14,16,18H,1,8-13,15H2,2-6H3;1-2H3;1H2/b19-14+,20-17-;;. The van der Waals surface area contributed by atoms with Gasteiger partial charge in [-0.3, -0.25) is 4.90 Å². The maximum atomic E-state index is 14.1. The number of hydrogen-bond acceptors (Lipinski definition) is 8. The lowest BCUT2D eigenvalue weighted by molar-refractivity contribution is -0.0980. The van der Waals surface area contributed by atoms with Crippen LogP contribution in [0.4, 0.5) is 10.4 Å². The average molecular weight is 499 g/mol. The van der Waals surface area contributed by atoms with E-state index in [2.05, 4.69) is 47.4 Å². The second-order valence-electron chi connectivity index (χ2n) is 7.95. The molecular weight excluding hydrogens is 455 g/mol. The summed E-state index contributed by atoms with van der Waals surface area (Å²) in [5.74, 6) is 1.90. The summed E-state index contributed by atoms with van der Waals surface area (Å²) in [6.45, 7) is 18.7. The van der Waals surface area contributed by atoms with Gasteiger partial charge in [-0.15, -0.1) is 0 Å². The smallest absolute Gasteiger partial charge is 0.324 e. The Hall–Kier alpha value is -2.13. The van der Waals surface area contributed by atoms with Gasteiger partial charge in [0.25, 0.3) is 0 Å². The predicted molar refractivity (Wildman–Crippen MR) is 141 cm³/mol. The Morgan fingerprint density at radius 3 is 2.47 bits per heavy atom. The Bertz CT molecular complexity index is 759. The number of allylic oxidation sites excluding steroid dienone is 3. The van der Waals surface area contributed by atoms with Crippen molar-refractivity contribution in [3.8, 4) is 0 Å². The predicted octanol–water partition coefficient (Wildman–Crippen LogP) is 5.63. The highest BCUT2D eigenvalue weighted by Crippen LogP contribution is 2.22. The summed E-state index contributed by atoms with van der Waals surface area (Å²) in [7, 11) is 2.10. The molecule has 0 aliphatic carbocycles. The van der Waals surface area contributed by atoms with Gasteiger partial charge in [0.05, 0.1) is 0 Å². The number of ether oxygens (including phenoxy) is 1. The number of rotatable bonds is 11. The van der Waals surface area contributed by atoms with E-state index in [-0.39, 0.29) is 11.7 Å². The average Bonchev–Trinajstić information content (AvgIpc) is 3.37. The fourth-order valence-electron chi connectivity index (χ4n) is 3.27. The molecule has 1 saturated heterocycles. The van der Waals surface area contributed by atoms with Crippen molar-refractivity contribution in [3.63, 3.8) is 0 Å². The summed E-state index contributed by atoms with van der Waals surface area (Å²) >= 11 is 1.59. The molecule has 1 aromatic rings. The molecule has 0 amide bonds. The number of likely N-dealkylation sites (N-methyl/N-ethyl adjacent to an activating group) is 1. The molecule has 7 nitrogen and oxygen atoms in total. The number of piperidine rings is 1. The van der Waals surface area contributed by atoms with Crippen LogP contribution in [0.15, 0.2) is 40.4 Å². The molecule has 0 aromatic carbocycles. The van der Waals surface area contributed by atoms with Crippen molar-refractivity contribution in [3.05, 3.63) is 41.7 Å². The van der Waals surface area contributed by atoms with Crippen molar-refractivity contribution < 1.29 is 18.4 Å². The molecule has 194 valence electrons. The quantitative estimate of drug-likeness (QED) is 0.287. The zero-order valence-electron chi connectivity index (χ0n) is 22.0. The molecule has 0 spiro atoms. The monoisotopic (exact) mass is 498 g/mol. The number of carbonyl (C=O) groups is 1. The number of aromatic nitrogens is 2. The minimum Gasteiger partial charge on any atom is -0.492 e. The van der Waals surface area contributed by atoms with E-state index in [0.29, 0.717) is 35.7 Å². The van der Waals surface area contributed by atoms with Crippen molar-refractivity contribution in [2.45, 2.75) is 59.4 Å². The van der Waals surface area contributed by atoms with E-state index in [1.165, 1.54) is 6.08 Å². The summed E-state index contributed by atoms with van der Waals surface area (Å²) in [6.07, 6.45) is 6.97. The van der Waals surface area contributed by atoms with Gasteiger partial charge in [-0.05, 0) is 44.7 Å². The fourth-order valence-corrected chi connectivity index (χ4v) is 3.84. The van der Waals surface area contributed by atoms with Gasteiger partial charge < -0.3 is 19.0 Å². The highest BCUT2D eigenvalue weighted by molar-refractivity contribution is 7.98. The number of anilines is 1. The first-order valence-corrected chi connectivity index (χ1v) is 13.1. The molecule has 1 aliphatic heterocycles. The van der Waals surface area contributed by atoms with Gasteiger partial charge in [-0.25, -0.2) is 4.39 Å². The van der Waals surface area contributed by atoms with E-state index >= 15 is 0 Å². The molecule has 1 aliphatic rings. The maximum absolute atomic E-state index is 14.1. The van der Waals surface area contributed by atoms with Crippen molar-refractivity contribution in [2.24, 2.45) is 0 Å². The summed E-state index contributed by atoms with van der Waals surface area (Å²) in [5.41, 5.74) is 0.705. The number of thioether (sulfide) groups is 1. The molecule has 0 radical (unpaired) electrons. The molecule has 9 heteroatoms. The molecule has 0 atom stereocenters. The zero-order chi connectivity index (χ0) is 26.1. The van der Waals surface area contributed by atoms with Crippen LogP contribution in [0, 0.1) is 0 Å². The van der Waals surface area contributed by atoms with E-state index in [1.807, 2.05) is 26.9 Å². The third-order valence-electron chi connectivity index (χ3n) is 5.26. The zero-order valence-corrected chi connectivity index (χ0v) is 22.8. The SMILES string of the molecule is C=C/C(=C\C(F)=C(/C)CSC)OCCN(C)C1CCN(c2nc(C(C)C)no2)CC1.C=O.CC. The molecule has 2 heterocycles. The van der Waals surface area contributed by atoms with Gasteiger partial charge in [-0.2, -0.15) is 16.7 Å². The van der Waals surface area contributed by atoms with Crippen LogP contribution in [0.25, 0.3) is 0 Å². The second-order valence-corrected chi connectivity index (χ2v) is 8.82. The normalized spacial score (nSPS) is 15.2. The number of halogens is 1. The van der Waals surface area contributed by atoms with E-state index in [0.717, 1.165) is 38.3 Å². The summed E-state index contributed by atoms with van der Waals surface area (Å²) < 4.78 is 25.3. The van der Waals surface area contributed by atoms with Gasteiger partial charge in [-0.1, -0.05) is 39.4 Å². The minimum atomic E-state index is -0.248. The number of hydrogen-bond donors (Lipinski definition) is 0. The largest absolute Gasteiger partial charge is 0.492 e. The molecule has 0 N–H and O–H groups in total. The Labute approximate surface area is 209 Å². The number of carbonyl (C=O) groups excluding carboxylic acids is 1. The Morgan fingerprint density at radius 2 is 1.97 bits per heavy atom. The molecular formula is C25H43FN4O3S. The van der Waals surface area contributed by atoms with E-state index < -0.39 is 0 Å². The minimum absolute atomic E-state index is 0.248. The van der Waals surface area contributed by atoms with Crippen molar-refractivity contribution in [1.82, 2.24) is 15.0 Å². The summed E-state index contributed by atoms with van der Waals surface area (Å²) in [5, 5.41) is 4.05. The van der Waals surface area contributed by atoms with Crippen LogP contribution in [0.1, 0.15) is 59.2 Å². The molecule has 1 aromatic heterocycles. The molecule has 0 bridgehead atoms. The lowest BCUT2D eigenvalue weighted by atomic mass is 10.0. The van der Waals surface area contributed by atoms with Crippen molar-refractivity contribution in [2.75, 3.05) is 50.2 Å². The maximum Gasteiger partial charge on any atom is 0.324 e. The summed E-state index contributed by atoms with van der Waals surface area (Å²) in [6, 6.07) is 1.09. The van der Waals surface area contributed by atoms with Crippen LogP contribution in [0.2, 0.25) is 0 Å². The fraction of sp³-hybridized carbons (Fsp3) is 0.640. The molecule has 0 unspecified atom stereocenters.